The van der Waals surface area contributed by atoms with Crippen molar-refractivity contribution in [2.75, 3.05) is 26.8 Å². The number of nitrogens with zero attached hydrogens (tertiary/aromatic N) is 1. The van der Waals surface area contributed by atoms with Crippen molar-refractivity contribution >= 4 is 0 Å². The molecule has 0 spiro atoms. The van der Waals surface area contributed by atoms with Gasteiger partial charge >= 0.3 is 0 Å². The summed E-state index contributed by atoms with van der Waals surface area (Å²) in [6.07, 6.45) is 4.51. The number of rotatable bonds is 4. The van der Waals surface area contributed by atoms with Gasteiger partial charge in [0.2, 0.25) is 5.91 Å². The van der Waals surface area contributed by atoms with E-state index in [1.165, 1.54) is 12.8 Å². The lowest BCUT2D eigenvalue weighted by molar-refractivity contribution is -0.407. The van der Waals surface area contributed by atoms with Crippen LogP contribution >= 0.6 is 0 Å². The van der Waals surface area contributed by atoms with E-state index in [1.54, 1.807) is 0 Å². The average Bonchev–Trinajstić information content (AvgIpc) is 2.28. The fourth-order valence-corrected chi connectivity index (χ4v) is 2.60. The van der Waals surface area contributed by atoms with Gasteiger partial charge in [0.05, 0.1) is 13.2 Å². The van der Waals surface area contributed by atoms with Crippen LogP contribution in [0.4, 0.5) is 0 Å². The van der Waals surface area contributed by atoms with Crippen LogP contribution in [0.3, 0.4) is 0 Å². The predicted octanol–water partition coefficient (Wildman–Crippen LogP) is 2.22. The Kier molecular flexibility index (Phi) is 3.06. The molecule has 0 radical (unpaired) electrons. The number of unbranched alkanes of at least 4 members (excludes halogenated alkanes) is 1. The van der Waals surface area contributed by atoms with Crippen molar-refractivity contribution in [3.05, 3.63) is 0 Å². The molecule has 3 heteroatoms. The molecule has 3 aliphatic heterocycles. The molecule has 88 valence electrons. The first kappa shape index (κ1) is 11.4. The van der Waals surface area contributed by atoms with Crippen LogP contribution in [0.2, 0.25) is 0 Å². The van der Waals surface area contributed by atoms with Gasteiger partial charge in [-0.2, -0.15) is 0 Å². The highest BCUT2D eigenvalue weighted by Crippen LogP contribution is 2.43. The minimum Gasteiger partial charge on any atom is -0.336 e. The molecule has 0 aromatic carbocycles. The van der Waals surface area contributed by atoms with Gasteiger partial charge in [-0.05, 0) is 19.9 Å². The minimum absolute atomic E-state index is 0.253. The summed E-state index contributed by atoms with van der Waals surface area (Å²) < 4.78 is 12.0. The molecule has 3 aliphatic rings. The van der Waals surface area contributed by atoms with Gasteiger partial charge in [-0.15, -0.1) is 0 Å². The summed E-state index contributed by atoms with van der Waals surface area (Å²) in [6.45, 7) is 7.30. The topological polar surface area (TPSA) is 21.7 Å². The zero-order valence-electron chi connectivity index (χ0n) is 10.2. The quantitative estimate of drug-likeness (QED) is 0.714. The summed E-state index contributed by atoms with van der Waals surface area (Å²) in [6, 6.07) is 0. The molecule has 0 N–H and O–H groups in total. The molecular weight excluding hydrogens is 190 g/mol. The second-order valence-electron chi connectivity index (χ2n) is 5.10. The summed E-state index contributed by atoms with van der Waals surface area (Å²) >= 11 is 0. The summed E-state index contributed by atoms with van der Waals surface area (Å²) in [7, 11) is 2.12. The van der Waals surface area contributed by atoms with E-state index in [0.29, 0.717) is 0 Å². The maximum Gasteiger partial charge on any atom is 0.229 e. The highest BCUT2D eigenvalue weighted by Gasteiger charge is 2.53. The van der Waals surface area contributed by atoms with Crippen molar-refractivity contribution in [3.8, 4) is 0 Å². The predicted molar refractivity (Wildman–Crippen MR) is 59.5 cm³/mol. The largest absolute Gasteiger partial charge is 0.336 e. The standard InChI is InChI=1S/C12H23NO2/c1-4-6-7-12-13(3)8-11(5-2,9-14-12)10-15-12/h4-10H2,1-3H3. The van der Waals surface area contributed by atoms with Gasteiger partial charge in [0.1, 0.15) is 0 Å². The van der Waals surface area contributed by atoms with Crippen LogP contribution < -0.4 is 0 Å². The third kappa shape index (κ3) is 1.81. The van der Waals surface area contributed by atoms with Gasteiger partial charge in [-0.1, -0.05) is 20.3 Å². The zero-order chi connectivity index (χ0) is 10.9. The average molecular weight is 213 g/mol. The molecule has 0 aromatic rings. The van der Waals surface area contributed by atoms with Crippen LogP contribution in [-0.4, -0.2) is 37.6 Å². The monoisotopic (exact) mass is 213 g/mol. The van der Waals surface area contributed by atoms with Crippen molar-refractivity contribution in [1.29, 1.82) is 0 Å². The molecule has 0 atom stereocenters. The Hall–Kier alpha value is -0.120. The first-order chi connectivity index (χ1) is 7.16. The third-order valence-corrected chi connectivity index (χ3v) is 3.96. The van der Waals surface area contributed by atoms with Gasteiger partial charge in [-0.25, -0.2) is 0 Å². The Bertz CT molecular complexity index is 222. The zero-order valence-corrected chi connectivity index (χ0v) is 10.2. The third-order valence-electron chi connectivity index (χ3n) is 3.96. The van der Waals surface area contributed by atoms with E-state index >= 15 is 0 Å². The first-order valence-corrected chi connectivity index (χ1v) is 6.15. The maximum absolute atomic E-state index is 5.98. The SMILES string of the molecule is CCCCC12OCC(CC)(CO1)CN2C. The second kappa shape index (κ2) is 4.04. The van der Waals surface area contributed by atoms with Crippen molar-refractivity contribution in [1.82, 2.24) is 4.90 Å². The van der Waals surface area contributed by atoms with E-state index in [4.69, 9.17) is 9.47 Å². The Morgan fingerprint density at radius 3 is 2.33 bits per heavy atom. The number of ether oxygens (including phenoxy) is 2. The number of hydrogen-bond donors (Lipinski definition) is 0. The molecule has 15 heavy (non-hydrogen) atoms. The van der Waals surface area contributed by atoms with Gasteiger partial charge in [0.15, 0.2) is 0 Å². The van der Waals surface area contributed by atoms with Crippen LogP contribution in [0.5, 0.6) is 0 Å². The molecule has 0 unspecified atom stereocenters. The Balaban J connectivity index is 2.05. The smallest absolute Gasteiger partial charge is 0.229 e. The second-order valence-corrected chi connectivity index (χ2v) is 5.10. The number of hydrogen-bond acceptors (Lipinski definition) is 3. The molecule has 3 saturated heterocycles. The van der Waals surface area contributed by atoms with Crippen LogP contribution in [-0.2, 0) is 9.47 Å². The summed E-state index contributed by atoms with van der Waals surface area (Å²) in [4.78, 5) is 2.26. The van der Waals surface area contributed by atoms with Crippen LogP contribution in [0.15, 0.2) is 0 Å². The molecule has 0 aliphatic carbocycles. The van der Waals surface area contributed by atoms with E-state index in [0.717, 1.165) is 32.6 Å². The summed E-state index contributed by atoms with van der Waals surface area (Å²) in [5.41, 5.74) is 0.253. The van der Waals surface area contributed by atoms with Crippen LogP contribution in [0.25, 0.3) is 0 Å². The van der Waals surface area contributed by atoms with Crippen molar-refractivity contribution in [2.45, 2.75) is 45.4 Å². The molecule has 0 saturated carbocycles. The summed E-state index contributed by atoms with van der Waals surface area (Å²) in [5.74, 6) is -0.396. The Morgan fingerprint density at radius 1 is 1.20 bits per heavy atom. The number of fused-ring (bicyclic) bond motifs is 3. The molecule has 3 rings (SSSR count). The van der Waals surface area contributed by atoms with Crippen LogP contribution in [0, 0.1) is 5.41 Å². The lowest BCUT2D eigenvalue weighted by atomic mass is 9.83. The molecule has 3 nitrogen and oxygen atoms in total. The highest BCUT2D eigenvalue weighted by molar-refractivity contribution is 4.93. The van der Waals surface area contributed by atoms with E-state index in [1.807, 2.05) is 0 Å². The van der Waals surface area contributed by atoms with Gasteiger partial charge < -0.3 is 9.47 Å². The molecular formula is C12H23NO2. The summed E-state index contributed by atoms with van der Waals surface area (Å²) in [5, 5.41) is 0. The fourth-order valence-electron chi connectivity index (χ4n) is 2.60. The maximum atomic E-state index is 5.98. The molecule has 3 fully saturated rings. The highest BCUT2D eigenvalue weighted by atomic mass is 16.7. The molecule has 0 amide bonds. The minimum atomic E-state index is -0.396. The Labute approximate surface area is 92.7 Å². The van der Waals surface area contributed by atoms with Crippen molar-refractivity contribution < 1.29 is 9.47 Å². The van der Waals surface area contributed by atoms with E-state index in [9.17, 15) is 0 Å². The normalized spacial score (nSPS) is 41.0. The lowest BCUT2D eigenvalue weighted by Gasteiger charge is -2.57. The van der Waals surface area contributed by atoms with Crippen LogP contribution in [0.1, 0.15) is 39.5 Å². The van der Waals surface area contributed by atoms with Crippen molar-refractivity contribution in [3.63, 3.8) is 0 Å². The Morgan fingerprint density at radius 2 is 1.87 bits per heavy atom. The van der Waals surface area contributed by atoms with E-state index < -0.39 is 5.91 Å². The fraction of sp³-hybridized carbons (Fsp3) is 1.00. The van der Waals surface area contributed by atoms with Crippen molar-refractivity contribution in [2.24, 2.45) is 5.41 Å². The molecule has 2 bridgehead atoms. The van der Waals surface area contributed by atoms with E-state index in [-0.39, 0.29) is 5.41 Å². The lowest BCUT2D eigenvalue weighted by Crippen LogP contribution is -2.67. The molecule has 0 aromatic heterocycles. The van der Waals surface area contributed by atoms with Gasteiger partial charge in [-0.3, -0.25) is 4.90 Å². The van der Waals surface area contributed by atoms with E-state index in [2.05, 4.69) is 25.8 Å². The van der Waals surface area contributed by atoms with Gasteiger partial charge in [0, 0.05) is 18.4 Å². The molecule has 3 heterocycles. The first-order valence-electron chi connectivity index (χ1n) is 6.15. The van der Waals surface area contributed by atoms with Gasteiger partial charge in [0.25, 0.3) is 0 Å².